The molecular formula is C16H15NO2S. The van der Waals surface area contributed by atoms with Gasteiger partial charge in [-0.2, -0.15) is 5.26 Å². The fourth-order valence-corrected chi connectivity index (χ4v) is 3.55. The van der Waals surface area contributed by atoms with E-state index in [0.717, 1.165) is 21.1 Å². The SMILES string of the molecule is Cc1ccc(C(O)C2(C#N)COc3ccccc3C2)s1. The van der Waals surface area contributed by atoms with E-state index in [2.05, 4.69) is 6.07 Å². The van der Waals surface area contributed by atoms with Crippen LogP contribution in [-0.4, -0.2) is 11.7 Å². The third kappa shape index (κ3) is 2.09. The lowest BCUT2D eigenvalue weighted by Crippen LogP contribution is -2.38. The summed E-state index contributed by atoms with van der Waals surface area (Å²) in [6.07, 6.45) is -0.308. The number of nitrogens with zero attached hydrogens (tertiary/aromatic N) is 1. The second-order valence-electron chi connectivity index (χ2n) is 5.19. The van der Waals surface area contributed by atoms with Gasteiger partial charge in [0.1, 0.15) is 23.9 Å². The highest BCUT2D eigenvalue weighted by atomic mass is 32.1. The molecule has 0 saturated carbocycles. The Bertz CT molecular complexity index is 673. The van der Waals surface area contributed by atoms with E-state index < -0.39 is 11.5 Å². The number of aliphatic hydroxyl groups excluding tert-OH is 1. The lowest BCUT2D eigenvalue weighted by Gasteiger charge is -2.35. The molecule has 4 heteroatoms. The highest BCUT2D eigenvalue weighted by molar-refractivity contribution is 7.12. The summed E-state index contributed by atoms with van der Waals surface area (Å²) in [5.41, 5.74) is 0.0682. The summed E-state index contributed by atoms with van der Waals surface area (Å²) >= 11 is 1.53. The number of aryl methyl sites for hydroxylation is 1. The van der Waals surface area contributed by atoms with Gasteiger partial charge < -0.3 is 9.84 Å². The van der Waals surface area contributed by atoms with Gasteiger partial charge in [0.2, 0.25) is 0 Å². The molecule has 1 aromatic heterocycles. The van der Waals surface area contributed by atoms with Gasteiger partial charge in [-0.3, -0.25) is 0 Å². The molecule has 0 saturated heterocycles. The van der Waals surface area contributed by atoms with Crippen molar-refractivity contribution in [2.75, 3.05) is 6.61 Å². The molecule has 0 radical (unpaired) electrons. The number of fused-ring (bicyclic) bond motifs is 1. The fourth-order valence-electron chi connectivity index (χ4n) is 2.57. The first kappa shape index (κ1) is 13.2. The Morgan fingerprint density at radius 3 is 2.85 bits per heavy atom. The second kappa shape index (κ2) is 4.93. The van der Waals surface area contributed by atoms with E-state index in [4.69, 9.17) is 4.74 Å². The molecule has 1 aromatic carbocycles. The normalized spacial score (nSPS) is 22.4. The van der Waals surface area contributed by atoms with Crippen LogP contribution in [0.3, 0.4) is 0 Å². The lowest BCUT2D eigenvalue weighted by molar-refractivity contribution is 0.0195. The molecule has 0 spiro atoms. The van der Waals surface area contributed by atoms with Crippen molar-refractivity contribution < 1.29 is 9.84 Å². The molecule has 0 amide bonds. The van der Waals surface area contributed by atoms with Crippen molar-refractivity contribution in [3.63, 3.8) is 0 Å². The topological polar surface area (TPSA) is 53.2 Å². The minimum atomic E-state index is -0.911. The number of ether oxygens (including phenoxy) is 1. The summed E-state index contributed by atoms with van der Waals surface area (Å²) in [7, 11) is 0. The predicted molar refractivity (Wildman–Crippen MR) is 77.7 cm³/mol. The van der Waals surface area contributed by atoms with Crippen LogP contribution in [0.5, 0.6) is 5.75 Å². The van der Waals surface area contributed by atoms with Gasteiger partial charge in [0, 0.05) is 16.2 Å². The van der Waals surface area contributed by atoms with E-state index >= 15 is 0 Å². The monoisotopic (exact) mass is 285 g/mol. The maximum atomic E-state index is 10.6. The molecule has 2 atom stereocenters. The Hall–Kier alpha value is -1.83. The predicted octanol–water partition coefficient (Wildman–Crippen LogP) is 3.24. The molecule has 1 aliphatic rings. The van der Waals surface area contributed by atoms with Crippen LogP contribution in [0.25, 0.3) is 0 Å². The van der Waals surface area contributed by atoms with E-state index in [1.807, 2.05) is 43.3 Å². The highest BCUT2D eigenvalue weighted by Gasteiger charge is 2.44. The first-order chi connectivity index (χ1) is 9.64. The Balaban J connectivity index is 1.96. The molecule has 1 aliphatic heterocycles. The first-order valence-corrected chi connectivity index (χ1v) is 7.33. The van der Waals surface area contributed by atoms with Gasteiger partial charge in [-0.1, -0.05) is 18.2 Å². The summed E-state index contributed by atoms with van der Waals surface area (Å²) in [6, 6.07) is 13.8. The molecule has 3 nitrogen and oxygen atoms in total. The maximum absolute atomic E-state index is 10.6. The number of benzene rings is 1. The third-order valence-corrected chi connectivity index (χ3v) is 4.79. The molecule has 3 rings (SSSR count). The fraction of sp³-hybridized carbons (Fsp3) is 0.312. The van der Waals surface area contributed by atoms with Crippen LogP contribution in [0, 0.1) is 23.7 Å². The van der Waals surface area contributed by atoms with Crippen LogP contribution in [0.15, 0.2) is 36.4 Å². The van der Waals surface area contributed by atoms with Crippen molar-refractivity contribution in [3.05, 3.63) is 51.7 Å². The van der Waals surface area contributed by atoms with E-state index in [9.17, 15) is 10.4 Å². The molecule has 102 valence electrons. The Morgan fingerprint density at radius 1 is 1.35 bits per heavy atom. The largest absolute Gasteiger partial charge is 0.492 e. The summed E-state index contributed by atoms with van der Waals surface area (Å²) in [5, 5.41) is 20.3. The standard InChI is InChI=1S/C16H15NO2S/c1-11-6-7-14(20-11)15(18)16(9-17)8-12-4-2-3-5-13(12)19-10-16/h2-7,15,18H,8,10H2,1H3. The zero-order valence-corrected chi connectivity index (χ0v) is 12.0. The summed E-state index contributed by atoms with van der Waals surface area (Å²) < 4.78 is 5.70. The second-order valence-corrected chi connectivity index (χ2v) is 6.51. The Morgan fingerprint density at radius 2 is 2.15 bits per heavy atom. The number of nitriles is 1. The number of aliphatic hydroxyl groups is 1. The Kier molecular flexibility index (Phi) is 3.25. The smallest absolute Gasteiger partial charge is 0.126 e. The summed E-state index contributed by atoms with van der Waals surface area (Å²) in [5.74, 6) is 0.813. The van der Waals surface area contributed by atoms with E-state index in [1.54, 1.807) is 0 Å². The van der Waals surface area contributed by atoms with Crippen LogP contribution in [0.4, 0.5) is 0 Å². The molecule has 1 N–H and O–H groups in total. The lowest BCUT2D eigenvalue weighted by atomic mass is 9.76. The molecule has 0 bridgehead atoms. The molecule has 0 aliphatic carbocycles. The minimum absolute atomic E-state index is 0.221. The third-order valence-electron chi connectivity index (χ3n) is 3.74. The van der Waals surface area contributed by atoms with Crippen molar-refractivity contribution in [1.82, 2.24) is 0 Å². The van der Waals surface area contributed by atoms with Gasteiger partial charge in [0.15, 0.2) is 0 Å². The van der Waals surface area contributed by atoms with Crippen molar-refractivity contribution in [1.29, 1.82) is 5.26 Å². The summed E-state index contributed by atoms with van der Waals surface area (Å²) in [4.78, 5) is 1.95. The van der Waals surface area contributed by atoms with E-state index in [-0.39, 0.29) is 6.61 Å². The molecule has 20 heavy (non-hydrogen) atoms. The van der Waals surface area contributed by atoms with Crippen molar-refractivity contribution in [3.8, 4) is 11.8 Å². The van der Waals surface area contributed by atoms with Gasteiger partial charge in [0.25, 0.3) is 0 Å². The quantitative estimate of drug-likeness (QED) is 0.921. The van der Waals surface area contributed by atoms with E-state index in [1.165, 1.54) is 11.3 Å². The average molecular weight is 285 g/mol. The van der Waals surface area contributed by atoms with E-state index in [0.29, 0.717) is 6.42 Å². The zero-order chi connectivity index (χ0) is 14.2. The van der Waals surface area contributed by atoms with Gasteiger partial charge in [0.05, 0.1) is 6.07 Å². The number of para-hydroxylation sites is 1. The van der Waals surface area contributed by atoms with Crippen molar-refractivity contribution in [2.24, 2.45) is 5.41 Å². The average Bonchev–Trinajstić information content (AvgIpc) is 2.92. The van der Waals surface area contributed by atoms with Crippen LogP contribution in [0.1, 0.15) is 21.4 Å². The maximum Gasteiger partial charge on any atom is 0.126 e. The Labute approximate surface area is 122 Å². The van der Waals surface area contributed by atoms with Gasteiger partial charge in [-0.15, -0.1) is 11.3 Å². The zero-order valence-electron chi connectivity index (χ0n) is 11.2. The number of hydrogen-bond acceptors (Lipinski definition) is 4. The van der Waals surface area contributed by atoms with Crippen LogP contribution < -0.4 is 4.74 Å². The van der Waals surface area contributed by atoms with Crippen LogP contribution in [-0.2, 0) is 6.42 Å². The molecule has 0 fully saturated rings. The van der Waals surface area contributed by atoms with Gasteiger partial charge >= 0.3 is 0 Å². The first-order valence-electron chi connectivity index (χ1n) is 6.51. The minimum Gasteiger partial charge on any atom is -0.492 e. The van der Waals surface area contributed by atoms with Crippen molar-refractivity contribution >= 4 is 11.3 Å². The van der Waals surface area contributed by atoms with Gasteiger partial charge in [-0.25, -0.2) is 0 Å². The van der Waals surface area contributed by atoms with Crippen LogP contribution >= 0.6 is 11.3 Å². The molecular weight excluding hydrogens is 270 g/mol. The highest BCUT2D eigenvalue weighted by Crippen LogP contribution is 2.44. The molecule has 2 aromatic rings. The molecule has 2 heterocycles. The van der Waals surface area contributed by atoms with Crippen LogP contribution in [0.2, 0.25) is 0 Å². The summed E-state index contributed by atoms with van der Waals surface area (Å²) in [6.45, 7) is 2.21. The number of hydrogen-bond donors (Lipinski definition) is 1. The van der Waals surface area contributed by atoms with Gasteiger partial charge in [-0.05, 0) is 30.7 Å². The molecule has 2 unspecified atom stereocenters. The number of thiophene rings is 1. The van der Waals surface area contributed by atoms with Crippen molar-refractivity contribution in [2.45, 2.75) is 19.4 Å². The number of rotatable bonds is 2.